The molecule has 3 N–H and O–H groups in total. The number of rotatable bonds is 6. The highest BCUT2D eigenvalue weighted by Crippen LogP contribution is 2.38. The zero-order valence-electron chi connectivity index (χ0n) is 10.3. The molecule has 1 amide bonds. The first-order valence-corrected chi connectivity index (χ1v) is 5.60. The van der Waals surface area contributed by atoms with Crippen molar-refractivity contribution in [1.29, 1.82) is 0 Å². The van der Waals surface area contributed by atoms with Gasteiger partial charge in [-0.25, -0.2) is 0 Å². The number of hydrogen-bond acceptors (Lipinski definition) is 3. The number of hydrogen-bond donors (Lipinski definition) is 2. The zero-order valence-corrected chi connectivity index (χ0v) is 11.1. The second-order valence-corrected chi connectivity index (χ2v) is 4.80. The van der Waals surface area contributed by atoms with Crippen LogP contribution in [-0.2, 0) is 9.53 Å². The summed E-state index contributed by atoms with van der Waals surface area (Å²) in [6.07, 6.45) is 2.42. The molecule has 1 aliphatic carbocycles. The second-order valence-electron chi connectivity index (χ2n) is 4.80. The SMILES string of the molecule is CC(C)OCC(=O)NC(C)(CN)C1CC1.Cl. The van der Waals surface area contributed by atoms with Gasteiger partial charge in [0.05, 0.1) is 11.6 Å². The highest BCUT2D eigenvalue weighted by Gasteiger charge is 2.41. The van der Waals surface area contributed by atoms with Crippen molar-refractivity contribution in [2.45, 2.75) is 45.3 Å². The van der Waals surface area contributed by atoms with Gasteiger partial charge in [0.1, 0.15) is 6.61 Å². The first-order valence-electron chi connectivity index (χ1n) is 5.60. The molecule has 1 fully saturated rings. The predicted octanol–water partition coefficient (Wildman–Crippen LogP) is 1.08. The Morgan fingerprint density at radius 1 is 1.56 bits per heavy atom. The van der Waals surface area contributed by atoms with Gasteiger partial charge in [0.2, 0.25) is 5.91 Å². The summed E-state index contributed by atoms with van der Waals surface area (Å²) < 4.78 is 5.24. The Morgan fingerprint density at radius 3 is 2.50 bits per heavy atom. The molecule has 0 aromatic heterocycles. The summed E-state index contributed by atoms with van der Waals surface area (Å²) in [5.41, 5.74) is 5.46. The molecular weight excluding hydrogens is 228 g/mol. The number of carbonyl (C=O) groups is 1. The van der Waals surface area contributed by atoms with Crippen molar-refractivity contribution in [3.63, 3.8) is 0 Å². The number of carbonyl (C=O) groups excluding carboxylic acids is 1. The van der Waals surface area contributed by atoms with Crippen LogP contribution in [0.5, 0.6) is 0 Å². The molecule has 5 heteroatoms. The Balaban J connectivity index is 0.00000225. The van der Waals surface area contributed by atoms with Gasteiger partial charge in [-0.1, -0.05) is 0 Å². The van der Waals surface area contributed by atoms with E-state index in [9.17, 15) is 4.79 Å². The molecule has 96 valence electrons. The molecule has 4 nitrogen and oxygen atoms in total. The van der Waals surface area contributed by atoms with Crippen molar-refractivity contribution in [1.82, 2.24) is 5.32 Å². The summed E-state index contributed by atoms with van der Waals surface area (Å²) in [5.74, 6) is 0.481. The topological polar surface area (TPSA) is 64.3 Å². The normalized spacial score (nSPS) is 18.8. The van der Waals surface area contributed by atoms with Gasteiger partial charge in [-0.15, -0.1) is 12.4 Å². The number of nitrogens with two attached hydrogens (primary N) is 1. The molecule has 0 saturated heterocycles. The molecule has 0 aliphatic heterocycles. The highest BCUT2D eigenvalue weighted by atomic mass is 35.5. The molecule has 0 aromatic carbocycles. The molecule has 0 spiro atoms. The van der Waals surface area contributed by atoms with Gasteiger partial charge in [0, 0.05) is 6.54 Å². The summed E-state index contributed by atoms with van der Waals surface area (Å²) in [6.45, 7) is 6.45. The molecule has 1 atom stereocenters. The van der Waals surface area contributed by atoms with Gasteiger partial charge < -0.3 is 15.8 Å². The number of nitrogens with one attached hydrogen (secondary N) is 1. The fraction of sp³-hybridized carbons (Fsp3) is 0.909. The molecular formula is C11H23ClN2O2. The fourth-order valence-corrected chi connectivity index (χ4v) is 1.64. The minimum atomic E-state index is -0.239. The van der Waals surface area contributed by atoms with Gasteiger partial charge in [0.25, 0.3) is 0 Å². The highest BCUT2D eigenvalue weighted by molar-refractivity contribution is 5.85. The van der Waals surface area contributed by atoms with Gasteiger partial charge in [-0.3, -0.25) is 4.79 Å². The van der Waals surface area contributed by atoms with Gasteiger partial charge in [-0.05, 0) is 39.5 Å². The van der Waals surface area contributed by atoms with Crippen LogP contribution in [0.15, 0.2) is 0 Å². The first kappa shape index (κ1) is 15.7. The van der Waals surface area contributed by atoms with Crippen LogP contribution in [0.3, 0.4) is 0 Å². The number of halogens is 1. The molecule has 0 aromatic rings. The summed E-state index contributed by atoms with van der Waals surface area (Å²) in [6, 6.07) is 0. The number of ether oxygens (including phenoxy) is 1. The largest absolute Gasteiger partial charge is 0.369 e. The lowest BCUT2D eigenvalue weighted by Gasteiger charge is -2.29. The maximum atomic E-state index is 11.6. The Morgan fingerprint density at radius 2 is 2.12 bits per heavy atom. The minimum absolute atomic E-state index is 0. The van der Waals surface area contributed by atoms with Crippen molar-refractivity contribution >= 4 is 18.3 Å². The van der Waals surface area contributed by atoms with Crippen LogP contribution in [0.25, 0.3) is 0 Å². The van der Waals surface area contributed by atoms with Crippen LogP contribution in [0.1, 0.15) is 33.6 Å². The molecule has 1 aliphatic rings. The van der Waals surface area contributed by atoms with Gasteiger partial charge >= 0.3 is 0 Å². The molecule has 0 heterocycles. The van der Waals surface area contributed by atoms with E-state index in [-0.39, 0.29) is 36.6 Å². The van der Waals surface area contributed by atoms with Crippen LogP contribution in [0, 0.1) is 5.92 Å². The maximum Gasteiger partial charge on any atom is 0.246 e. The summed E-state index contributed by atoms with van der Waals surface area (Å²) in [4.78, 5) is 11.6. The van der Waals surface area contributed by atoms with Crippen LogP contribution in [-0.4, -0.2) is 30.7 Å². The van der Waals surface area contributed by atoms with Crippen molar-refractivity contribution in [3.05, 3.63) is 0 Å². The van der Waals surface area contributed by atoms with E-state index in [4.69, 9.17) is 10.5 Å². The third kappa shape index (κ3) is 4.68. The average molecular weight is 251 g/mol. The third-order valence-corrected chi connectivity index (χ3v) is 2.88. The van der Waals surface area contributed by atoms with Crippen LogP contribution >= 0.6 is 12.4 Å². The lowest BCUT2D eigenvalue weighted by Crippen LogP contribution is -2.54. The van der Waals surface area contributed by atoms with E-state index in [1.54, 1.807) is 0 Å². The third-order valence-electron chi connectivity index (χ3n) is 2.88. The van der Waals surface area contributed by atoms with Crippen molar-refractivity contribution in [3.8, 4) is 0 Å². The Hall–Kier alpha value is -0.320. The molecule has 16 heavy (non-hydrogen) atoms. The zero-order chi connectivity index (χ0) is 11.5. The smallest absolute Gasteiger partial charge is 0.246 e. The molecule has 0 bridgehead atoms. The standard InChI is InChI=1S/C11H22N2O2.ClH/c1-8(2)15-6-10(14)13-11(3,7-12)9-4-5-9;/h8-9H,4-7,12H2,1-3H3,(H,13,14);1H. The molecule has 1 rings (SSSR count). The van der Waals surface area contributed by atoms with Crippen LogP contribution in [0.2, 0.25) is 0 Å². The lowest BCUT2D eigenvalue weighted by molar-refractivity contribution is -0.129. The van der Waals surface area contributed by atoms with E-state index in [1.807, 2.05) is 20.8 Å². The van der Waals surface area contributed by atoms with E-state index >= 15 is 0 Å². The quantitative estimate of drug-likeness (QED) is 0.742. The van der Waals surface area contributed by atoms with E-state index in [0.29, 0.717) is 12.5 Å². The van der Waals surface area contributed by atoms with Gasteiger partial charge in [0.15, 0.2) is 0 Å². The van der Waals surface area contributed by atoms with E-state index < -0.39 is 0 Å². The average Bonchev–Trinajstić information content (AvgIpc) is 2.97. The molecule has 0 radical (unpaired) electrons. The van der Waals surface area contributed by atoms with Crippen molar-refractivity contribution < 1.29 is 9.53 Å². The lowest BCUT2D eigenvalue weighted by atomic mass is 9.96. The first-order chi connectivity index (χ1) is 6.98. The summed E-state index contributed by atoms with van der Waals surface area (Å²) in [7, 11) is 0. The monoisotopic (exact) mass is 250 g/mol. The van der Waals surface area contributed by atoms with Gasteiger partial charge in [-0.2, -0.15) is 0 Å². The Bertz CT molecular complexity index is 232. The second kappa shape index (κ2) is 6.42. The fourth-order valence-electron chi connectivity index (χ4n) is 1.64. The van der Waals surface area contributed by atoms with E-state index in [1.165, 1.54) is 12.8 Å². The Labute approximate surface area is 104 Å². The minimum Gasteiger partial charge on any atom is -0.369 e. The van der Waals surface area contributed by atoms with E-state index in [0.717, 1.165) is 0 Å². The van der Waals surface area contributed by atoms with Crippen LogP contribution in [0.4, 0.5) is 0 Å². The Kier molecular flexibility index (Phi) is 6.30. The predicted molar refractivity (Wildman–Crippen MR) is 66.7 cm³/mol. The maximum absolute atomic E-state index is 11.6. The van der Waals surface area contributed by atoms with Crippen LogP contribution < -0.4 is 11.1 Å². The van der Waals surface area contributed by atoms with Crippen molar-refractivity contribution in [2.75, 3.05) is 13.2 Å². The van der Waals surface area contributed by atoms with Crippen molar-refractivity contribution in [2.24, 2.45) is 11.7 Å². The number of amides is 1. The summed E-state index contributed by atoms with van der Waals surface area (Å²) in [5, 5.41) is 2.97. The van der Waals surface area contributed by atoms with E-state index in [2.05, 4.69) is 5.32 Å². The summed E-state index contributed by atoms with van der Waals surface area (Å²) >= 11 is 0. The molecule has 1 unspecified atom stereocenters. The molecule has 1 saturated carbocycles.